The molecule has 1 aliphatic heterocycles. The Morgan fingerprint density at radius 1 is 1.35 bits per heavy atom. The average Bonchev–Trinajstić information content (AvgIpc) is 2.39. The van der Waals surface area contributed by atoms with Crippen LogP contribution in [0.3, 0.4) is 0 Å². The van der Waals surface area contributed by atoms with Crippen LogP contribution in [0.15, 0.2) is 24.4 Å². The third-order valence-corrected chi connectivity index (χ3v) is 2.90. The zero-order valence-corrected chi connectivity index (χ0v) is 12.5. The highest BCUT2D eigenvalue weighted by molar-refractivity contribution is 5.86. The monoisotopic (exact) mass is 319 g/mol. The first kappa shape index (κ1) is 18.7. The summed E-state index contributed by atoms with van der Waals surface area (Å²) in [6.45, 7) is 2.08. The van der Waals surface area contributed by atoms with E-state index in [0.29, 0.717) is 6.04 Å². The summed E-state index contributed by atoms with van der Waals surface area (Å²) in [6.07, 6.45) is 6.51. The Morgan fingerprint density at radius 3 is 2.60 bits per heavy atom. The molecule has 1 saturated heterocycles. The number of hydrogen-bond acceptors (Lipinski definition) is 4. The van der Waals surface area contributed by atoms with Crippen molar-refractivity contribution in [2.45, 2.75) is 18.9 Å². The van der Waals surface area contributed by atoms with E-state index in [9.17, 15) is 4.79 Å². The number of piperidine rings is 1. The van der Waals surface area contributed by atoms with Crippen LogP contribution in [-0.4, -0.2) is 35.2 Å². The number of hydrogen-bond donors (Lipinski definition) is 3. The largest absolute Gasteiger partial charge is 0.478 e. The topological polar surface area (TPSA) is 74.2 Å². The number of aromatic nitrogens is 1. The molecular weight excluding hydrogens is 301 g/mol. The van der Waals surface area contributed by atoms with Gasteiger partial charge in [-0.3, -0.25) is 0 Å². The van der Waals surface area contributed by atoms with Gasteiger partial charge in [0.05, 0.1) is 0 Å². The maximum Gasteiger partial charge on any atom is 0.328 e. The summed E-state index contributed by atoms with van der Waals surface area (Å²) in [5.41, 5.74) is 0.785. The predicted octanol–water partition coefficient (Wildman–Crippen LogP) is 2.19. The maximum absolute atomic E-state index is 10.4. The first-order chi connectivity index (χ1) is 8.74. The molecule has 0 aromatic carbocycles. The van der Waals surface area contributed by atoms with E-state index in [0.717, 1.165) is 43.4 Å². The van der Waals surface area contributed by atoms with Gasteiger partial charge in [-0.15, -0.1) is 24.8 Å². The summed E-state index contributed by atoms with van der Waals surface area (Å²) in [7, 11) is 0. The van der Waals surface area contributed by atoms with Crippen LogP contribution in [0.4, 0.5) is 5.82 Å². The fraction of sp³-hybridized carbons (Fsp3) is 0.385. The minimum Gasteiger partial charge on any atom is -0.478 e. The van der Waals surface area contributed by atoms with E-state index in [-0.39, 0.29) is 24.8 Å². The molecule has 1 aliphatic rings. The Hall–Kier alpha value is -1.30. The highest BCUT2D eigenvalue weighted by atomic mass is 35.5. The summed E-state index contributed by atoms with van der Waals surface area (Å²) in [6, 6.07) is 4.21. The number of rotatable bonds is 4. The van der Waals surface area contributed by atoms with Crippen LogP contribution in [0.2, 0.25) is 0 Å². The quantitative estimate of drug-likeness (QED) is 0.742. The number of halogens is 2. The minimum absolute atomic E-state index is 0. The summed E-state index contributed by atoms with van der Waals surface area (Å²) >= 11 is 0. The molecule has 0 amide bonds. The normalized spacial score (nSPS) is 15.2. The van der Waals surface area contributed by atoms with Crippen LogP contribution >= 0.6 is 24.8 Å². The SMILES string of the molecule is Cl.Cl.O=C(O)/C=C/c1ccc(NC2CCNCC2)nc1. The molecule has 0 bridgehead atoms. The highest BCUT2D eigenvalue weighted by Gasteiger charge is 2.12. The van der Waals surface area contributed by atoms with Gasteiger partial charge in [0.1, 0.15) is 5.82 Å². The van der Waals surface area contributed by atoms with Gasteiger partial charge in [-0.25, -0.2) is 9.78 Å². The van der Waals surface area contributed by atoms with Gasteiger partial charge in [0.25, 0.3) is 0 Å². The van der Waals surface area contributed by atoms with E-state index < -0.39 is 5.97 Å². The standard InChI is InChI=1S/C13H17N3O2.2ClH/c17-13(18)4-2-10-1-3-12(15-9-10)16-11-5-7-14-8-6-11;;/h1-4,9,11,14H,5-8H2,(H,15,16)(H,17,18);2*1H/b4-2+;;. The summed E-state index contributed by atoms with van der Waals surface area (Å²) in [5.74, 6) is -0.110. The molecule has 2 heterocycles. The van der Waals surface area contributed by atoms with Crippen molar-refractivity contribution in [3.8, 4) is 0 Å². The number of nitrogens with zero attached hydrogens (tertiary/aromatic N) is 1. The van der Waals surface area contributed by atoms with E-state index in [1.165, 1.54) is 6.08 Å². The van der Waals surface area contributed by atoms with Crippen molar-refractivity contribution in [1.82, 2.24) is 10.3 Å². The van der Waals surface area contributed by atoms with Crippen molar-refractivity contribution in [3.05, 3.63) is 30.0 Å². The lowest BCUT2D eigenvalue weighted by atomic mass is 10.1. The molecule has 112 valence electrons. The van der Waals surface area contributed by atoms with Gasteiger partial charge >= 0.3 is 5.97 Å². The van der Waals surface area contributed by atoms with Crippen molar-refractivity contribution < 1.29 is 9.90 Å². The molecule has 1 fully saturated rings. The van der Waals surface area contributed by atoms with Crippen LogP contribution < -0.4 is 10.6 Å². The number of nitrogens with one attached hydrogen (secondary N) is 2. The lowest BCUT2D eigenvalue weighted by molar-refractivity contribution is -0.131. The molecule has 1 aromatic heterocycles. The zero-order chi connectivity index (χ0) is 12.8. The number of carbonyl (C=O) groups is 1. The number of aliphatic carboxylic acids is 1. The second kappa shape index (κ2) is 9.58. The van der Waals surface area contributed by atoms with Gasteiger partial charge in [-0.2, -0.15) is 0 Å². The number of carboxylic acids is 1. The van der Waals surface area contributed by atoms with E-state index >= 15 is 0 Å². The maximum atomic E-state index is 10.4. The van der Waals surface area contributed by atoms with Crippen LogP contribution in [-0.2, 0) is 4.79 Å². The van der Waals surface area contributed by atoms with Crippen LogP contribution in [0.5, 0.6) is 0 Å². The predicted molar refractivity (Wildman–Crippen MR) is 84.9 cm³/mol. The Kier molecular flexibility index (Phi) is 8.96. The fourth-order valence-corrected chi connectivity index (χ4v) is 1.93. The number of pyridine rings is 1. The van der Waals surface area contributed by atoms with Gasteiger partial charge in [0, 0.05) is 18.3 Å². The van der Waals surface area contributed by atoms with Crippen LogP contribution in [0.25, 0.3) is 6.08 Å². The van der Waals surface area contributed by atoms with Crippen molar-refractivity contribution in [2.24, 2.45) is 0 Å². The number of anilines is 1. The van der Waals surface area contributed by atoms with Gasteiger partial charge < -0.3 is 15.7 Å². The Bertz CT molecular complexity index is 432. The second-order valence-corrected chi connectivity index (χ2v) is 4.32. The Labute approximate surface area is 130 Å². The van der Waals surface area contributed by atoms with Gasteiger partial charge in [0.2, 0.25) is 0 Å². The first-order valence-corrected chi connectivity index (χ1v) is 6.08. The fourth-order valence-electron chi connectivity index (χ4n) is 1.93. The van der Waals surface area contributed by atoms with Crippen molar-refractivity contribution in [1.29, 1.82) is 0 Å². The van der Waals surface area contributed by atoms with Crippen molar-refractivity contribution in [2.75, 3.05) is 18.4 Å². The molecule has 3 N–H and O–H groups in total. The van der Waals surface area contributed by atoms with E-state index in [2.05, 4.69) is 15.6 Å². The van der Waals surface area contributed by atoms with Crippen LogP contribution in [0.1, 0.15) is 18.4 Å². The second-order valence-electron chi connectivity index (χ2n) is 4.32. The van der Waals surface area contributed by atoms with E-state index in [1.807, 2.05) is 12.1 Å². The van der Waals surface area contributed by atoms with Crippen molar-refractivity contribution in [3.63, 3.8) is 0 Å². The summed E-state index contributed by atoms with van der Waals surface area (Å²) in [4.78, 5) is 14.7. The molecule has 0 atom stereocenters. The molecule has 1 aromatic rings. The highest BCUT2D eigenvalue weighted by Crippen LogP contribution is 2.12. The smallest absolute Gasteiger partial charge is 0.328 e. The molecule has 5 nitrogen and oxygen atoms in total. The van der Waals surface area contributed by atoms with Crippen molar-refractivity contribution >= 4 is 42.7 Å². The third-order valence-electron chi connectivity index (χ3n) is 2.90. The molecule has 20 heavy (non-hydrogen) atoms. The van der Waals surface area contributed by atoms with Gasteiger partial charge in [0.15, 0.2) is 0 Å². The lowest BCUT2D eigenvalue weighted by Crippen LogP contribution is -2.35. The molecule has 0 aliphatic carbocycles. The van der Waals surface area contributed by atoms with Crippen LogP contribution in [0, 0.1) is 0 Å². The Balaban J connectivity index is 0.00000180. The van der Waals surface area contributed by atoms with Gasteiger partial charge in [-0.05, 0) is 49.7 Å². The zero-order valence-electron chi connectivity index (χ0n) is 10.9. The average molecular weight is 320 g/mol. The molecular formula is C13H19Cl2N3O2. The van der Waals surface area contributed by atoms with E-state index in [4.69, 9.17) is 5.11 Å². The molecule has 0 unspecified atom stereocenters. The van der Waals surface area contributed by atoms with Gasteiger partial charge in [-0.1, -0.05) is 0 Å². The minimum atomic E-state index is -0.952. The molecule has 0 saturated carbocycles. The third kappa shape index (κ3) is 6.23. The lowest BCUT2D eigenvalue weighted by Gasteiger charge is -2.24. The molecule has 7 heteroatoms. The molecule has 0 spiro atoms. The summed E-state index contributed by atoms with van der Waals surface area (Å²) < 4.78 is 0. The Morgan fingerprint density at radius 2 is 2.05 bits per heavy atom. The van der Waals surface area contributed by atoms with E-state index in [1.54, 1.807) is 6.20 Å². The summed E-state index contributed by atoms with van der Waals surface area (Å²) in [5, 5.41) is 15.2. The first-order valence-electron chi connectivity index (χ1n) is 6.08. The molecule has 2 rings (SSSR count). The number of carboxylic acid groups (broad SMARTS) is 1. The molecule has 0 radical (unpaired) electrons.